The van der Waals surface area contributed by atoms with Crippen molar-refractivity contribution in [3.8, 4) is 11.3 Å². The number of carbonyl (C=O) groups excluding carboxylic acids is 1. The number of hydrogen-bond acceptors (Lipinski definition) is 6. The van der Waals surface area contributed by atoms with Crippen LogP contribution < -0.4 is 4.90 Å². The average Bonchev–Trinajstić information content (AvgIpc) is 3.45. The molecule has 1 aliphatic heterocycles. The monoisotopic (exact) mass is 501 g/mol. The van der Waals surface area contributed by atoms with E-state index in [1.165, 1.54) is 30.0 Å². The van der Waals surface area contributed by atoms with Crippen LogP contribution in [0.15, 0.2) is 105 Å². The minimum atomic E-state index is -0.495. The first-order valence-electron chi connectivity index (χ1n) is 10.5. The van der Waals surface area contributed by atoms with Gasteiger partial charge in [-0.2, -0.15) is 0 Å². The van der Waals surface area contributed by atoms with Crippen LogP contribution in [0.25, 0.3) is 17.4 Å². The number of rotatable bonds is 5. The van der Waals surface area contributed by atoms with Crippen molar-refractivity contribution >= 4 is 57.6 Å². The number of thioether (sulfide) groups is 1. The van der Waals surface area contributed by atoms with Gasteiger partial charge >= 0.3 is 0 Å². The highest BCUT2D eigenvalue weighted by molar-refractivity contribution is 8.19. The Morgan fingerprint density at radius 2 is 1.69 bits per heavy atom. The number of aliphatic imine (C=N–C) groups is 1. The molecule has 35 heavy (non-hydrogen) atoms. The van der Waals surface area contributed by atoms with Crippen molar-refractivity contribution in [2.24, 2.45) is 4.99 Å². The van der Waals surface area contributed by atoms with Crippen LogP contribution in [0.3, 0.4) is 0 Å². The molecule has 1 saturated heterocycles. The fraction of sp³-hybridized carbons (Fsp3) is 0. The maximum absolute atomic E-state index is 13.4. The average molecular weight is 502 g/mol. The number of hydrogen-bond donors (Lipinski definition) is 0. The Labute approximate surface area is 209 Å². The number of anilines is 1. The van der Waals surface area contributed by atoms with Crippen molar-refractivity contribution in [2.75, 3.05) is 4.90 Å². The lowest BCUT2D eigenvalue weighted by Crippen LogP contribution is -2.28. The fourth-order valence-corrected chi connectivity index (χ4v) is 4.68. The van der Waals surface area contributed by atoms with Crippen LogP contribution in [0.4, 0.5) is 17.1 Å². The van der Waals surface area contributed by atoms with Crippen molar-refractivity contribution in [1.82, 2.24) is 0 Å². The molecule has 9 heteroatoms. The molecule has 0 unspecified atom stereocenters. The quantitative estimate of drug-likeness (QED) is 0.162. The molecule has 5 rings (SSSR count). The second-order valence-electron chi connectivity index (χ2n) is 7.44. The molecular weight excluding hydrogens is 486 g/mol. The van der Waals surface area contributed by atoms with Crippen molar-refractivity contribution in [3.63, 3.8) is 0 Å². The van der Waals surface area contributed by atoms with Crippen molar-refractivity contribution < 1.29 is 14.1 Å². The molecule has 0 radical (unpaired) electrons. The zero-order chi connectivity index (χ0) is 24.4. The molecule has 0 bridgehead atoms. The fourth-order valence-electron chi connectivity index (χ4n) is 3.49. The lowest BCUT2D eigenvalue weighted by molar-refractivity contribution is -0.384. The van der Waals surface area contributed by atoms with E-state index < -0.39 is 4.92 Å². The Kier molecular flexibility index (Phi) is 6.22. The third-order valence-corrected chi connectivity index (χ3v) is 6.43. The Hall–Kier alpha value is -4.14. The van der Waals surface area contributed by atoms with Gasteiger partial charge in [0, 0.05) is 23.8 Å². The molecule has 7 nitrogen and oxygen atoms in total. The number of halogens is 1. The molecule has 2 heterocycles. The summed E-state index contributed by atoms with van der Waals surface area (Å²) in [5.74, 6) is 0.536. The topological polar surface area (TPSA) is 88.9 Å². The zero-order valence-corrected chi connectivity index (χ0v) is 19.6. The summed E-state index contributed by atoms with van der Waals surface area (Å²) in [6, 6.07) is 26.2. The van der Waals surface area contributed by atoms with Crippen LogP contribution >= 0.6 is 23.4 Å². The summed E-state index contributed by atoms with van der Waals surface area (Å²) >= 11 is 7.48. The highest BCUT2D eigenvalue weighted by Gasteiger charge is 2.35. The number of amidine groups is 1. The second-order valence-corrected chi connectivity index (χ2v) is 8.86. The molecule has 1 aliphatic rings. The van der Waals surface area contributed by atoms with Crippen LogP contribution in [-0.4, -0.2) is 16.0 Å². The third kappa shape index (κ3) is 4.75. The van der Waals surface area contributed by atoms with Gasteiger partial charge in [-0.1, -0.05) is 48.0 Å². The summed E-state index contributed by atoms with van der Waals surface area (Å²) in [5.41, 5.74) is 1.73. The van der Waals surface area contributed by atoms with Gasteiger partial charge in [0.1, 0.15) is 11.5 Å². The summed E-state index contributed by atoms with van der Waals surface area (Å²) in [7, 11) is 0. The van der Waals surface area contributed by atoms with Gasteiger partial charge in [-0.05, 0) is 54.2 Å². The molecule has 4 aromatic rings. The first-order valence-corrected chi connectivity index (χ1v) is 11.7. The van der Waals surface area contributed by atoms with Gasteiger partial charge in [0.05, 0.1) is 26.2 Å². The van der Waals surface area contributed by atoms with E-state index >= 15 is 0 Å². The number of furan rings is 1. The van der Waals surface area contributed by atoms with E-state index in [1.807, 2.05) is 60.7 Å². The minimum Gasteiger partial charge on any atom is -0.457 e. The Morgan fingerprint density at radius 3 is 2.40 bits per heavy atom. The summed E-state index contributed by atoms with van der Waals surface area (Å²) in [4.78, 5) is 30.7. The smallest absolute Gasteiger partial charge is 0.271 e. The first-order chi connectivity index (χ1) is 17.0. The second kappa shape index (κ2) is 9.61. The maximum atomic E-state index is 13.4. The van der Waals surface area contributed by atoms with E-state index in [9.17, 15) is 14.9 Å². The Bertz CT molecular complexity index is 1480. The molecule has 1 aromatic heterocycles. The number of para-hydroxylation sites is 2. The van der Waals surface area contributed by atoms with Gasteiger partial charge < -0.3 is 4.42 Å². The Morgan fingerprint density at radius 1 is 0.971 bits per heavy atom. The minimum absolute atomic E-state index is 0.0949. The maximum Gasteiger partial charge on any atom is 0.271 e. The highest BCUT2D eigenvalue weighted by atomic mass is 35.5. The number of benzene rings is 3. The van der Waals surface area contributed by atoms with Gasteiger partial charge in [-0.3, -0.25) is 19.8 Å². The number of nitro benzene ring substituents is 1. The normalized spacial score (nSPS) is 15.8. The van der Waals surface area contributed by atoms with Gasteiger partial charge in [-0.15, -0.1) is 0 Å². The van der Waals surface area contributed by atoms with Crippen LogP contribution in [0.1, 0.15) is 5.76 Å². The number of amides is 1. The van der Waals surface area contributed by atoms with Gasteiger partial charge in [0.25, 0.3) is 11.6 Å². The van der Waals surface area contributed by atoms with Crippen molar-refractivity contribution in [1.29, 1.82) is 0 Å². The molecule has 172 valence electrons. The van der Waals surface area contributed by atoms with Crippen LogP contribution in [-0.2, 0) is 4.79 Å². The molecule has 0 saturated carbocycles. The largest absolute Gasteiger partial charge is 0.457 e. The van der Waals surface area contributed by atoms with E-state index in [-0.39, 0.29) is 11.6 Å². The predicted octanol–water partition coefficient (Wildman–Crippen LogP) is 7.32. The molecule has 1 amide bonds. The van der Waals surface area contributed by atoms with Crippen LogP contribution in [0.5, 0.6) is 0 Å². The lowest BCUT2D eigenvalue weighted by Gasteiger charge is -2.15. The predicted molar refractivity (Wildman–Crippen MR) is 139 cm³/mol. The van der Waals surface area contributed by atoms with E-state index in [1.54, 1.807) is 23.1 Å². The number of carbonyl (C=O) groups is 1. The number of nitrogens with zero attached hydrogens (tertiary/aromatic N) is 3. The number of nitro groups is 1. The molecule has 0 atom stereocenters. The molecule has 0 aliphatic carbocycles. The van der Waals surface area contributed by atoms with E-state index in [2.05, 4.69) is 4.99 Å². The van der Waals surface area contributed by atoms with Crippen LogP contribution in [0.2, 0.25) is 5.02 Å². The van der Waals surface area contributed by atoms with Gasteiger partial charge in [-0.25, -0.2) is 4.99 Å². The zero-order valence-electron chi connectivity index (χ0n) is 18.0. The van der Waals surface area contributed by atoms with E-state index in [0.29, 0.717) is 37.9 Å². The SMILES string of the molecule is O=C1C(=Cc2ccc(-c3cc([N+](=O)[O-])ccc3Cl)o2)SC(=Nc2ccccc2)N1c1ccccc1. The standard InChI is InChI=1S/C26H16ClN3O4S/c27-22-13-11-19(30(32)33)15-21(22)23-14-12-20(34-23)16-24-25(31)29(18-9-5-2-6-10-18)26(35-24)28-17-7-3-1-4-8-17/h1-16H. The summed E-state index contributed by atoms with van der Waals surface area (Å²) in [6.07, 6.45) is 1.63. The summed E-state index contributed by atoms with van der Waals surface area (Å²) in [6.45, 7) is 0. The van der Waals surface area contributed by atoms with E-state index in [4.69, 9.17) is 16.0 Å². The molecule has 0 spiro atoms. The highest BCUT2D eigenvalue weighted by Crippen LogP contribution is 2.38. The van der Waals surface area contributed by atoms with Crippen LogP contribution in [0, 0.1) is 10.1 Å². The summed E-state index contributed by atoms with van der Waals surface area (Å²) < 4.78 is 5.88. The third-order valence-electron chi connectivity index (χ3n) is 5.13. The Balaban J connectivity index is 1.51. The number of non-ortho nitro benzene ring substituents is 1. The van der Waals surface area contributed by atoms with E-state index in [0.717, 1.165) is 5.69 Å². The van der Waals surface area contributed by atoms with Crippen molar-refractivity contribution in [2.45, 2.75) is 0 Å². The van der Waals surface area contributed by atoms with Gasteiger partial charge in [0.2, 0.25) is 0 Å². The van der Waals surface area contributed by atoms with Gasteiger partial charge in [0.15, 0.2) is 5.17 Å². The van der Waals surface area contributed by atoms with Crippen molar-refractivity contribution in [3.05, 3.63) is 117 Å². The molecule has 3 aromatic carbocycles. The molecule has 1 fully saturated rings. The summed E-state index contributed by atoms with van der Waals surface area (Å²) in [5, 5.41) is 12.0. The first kappa shape index (κ1) is 22.6. The lowest BCUT2D eigenvalue weighted by atomic mass is 10.1. The molecular formula is C26H16ClN3O4S. The molecule has 0 N–H and O–H groups in total.